The van der Waals surface area contributed by atoms with Crippen molar-refractivity contribution in [2.45, 2.75) is 64.1 Å². The predicted molar refractivity (Wildman–Crippen MR) is 130 cm³/mol. The van der Waals surface area contributed by atoms with Gasteiger partial charge in [0.2, 0.25) is 5.91 Å². The number of aromatic nitrogens is 2. The molecule has 2 aromatic rings. The van der Waals surface area contributed by atoms with Gasteiger partial charge < -0.3 is 20.6 Å². The molecular weight excluding hydrogens is 418 g/mol. The molecule has 0 bridgehead atoms. The molecule has 1 aliphatic heterocycles. The molecule has 1 atom stereocenters. The van der Waals surface area contributed by atoms with Gasteiger partial charge in [-0.2, -0.15) is 0 Å². The molecule has 3 rings (SSSR count). The van der Waals surface area contributed by atoms with Crippen LogP contribution in [0.3, 0.4) is 0 Å². The van der Waals surface area contributed by atoms with E-state index in [9.17, 15) is 14.7 Å². The van der Waals surface area contributed by atoms with Crippen molar-refractivity contribution in [1.82, 2.24) is 19.8 Å². The van der Waals surface area contributed by atoms with Crippen LogP contribution in [0.25, 0.3) is 0 Å². The Bertz CT molecular complexity index is 952. The van der Waals surface area contributed by atoms with Crippen LogP contribution < -0.4 is 16.2 Å². The van der Waals surface area contributed by atoms with E-state index in [0.29, 0.717) is 50.8 Å². The summed E-state index contributed by atoms with van der Waals surface area (Å²) in [5.41, 5.74) is -0.0722. The Morgan fingerprint density at radius 3 is 2.48 bits per heavy atom. The summed E-state index contributed by atoms with van der Waals surface area (Å²) < 4.78 is 1.45. The van der Waals surface area contributed by atoms with E-state index in [2.05, 4.69) is 36.4 Å². The van der Waals surface area contributed by atoms with Crippen molar-refractivity contribution in [3.05, 3.63) is 58.6 Å². The molecule has 180 valence electrons. The van der Waals surface area contributed by atoms with Crippen molar-refractivity contribution < 1.29 is 9.90 Å². The summed E-state index contributed by atoms with van der Waals surface area (Å²) in [6.07, 6.45) is 2.81. The molecule has 1 unspecified atom stereocenters. The first-order valence-electron chi connectivity index (χ1n) is 11.8. The molecule has 3 N–H and O–H groups in total. The van der Waals surface area contributed by atoms with Gasteiger partial charge in [0.05, 0.1) is 18.5 Å². The first-order chi connectivity index (χ1) is 15.8. The zero-order chi connectivity index (χ0) is 23.8. The van der Waals surface area contributed by atoms with E-state index >= 15 is 0 Å². The molecule has 1 saturated heterocycles. The number of hydrogen-bond donors (Lipinski definition) is 3. The minimum absolute atomic E-state index is 0.106. The van der Waals surface area contributed by atoms with Gasteiger partial charge in [0, 0.05) is 44.7 Å². The van der Waals surface area contributed by atoms with Crippen LogP contribution in [0.5, 0.6) is 0 Å². The van der Waals surface area contributed by atoms with E-state index in [0.717, 1.165) is 12.1 Å². The van der Waals surface area contributed by atoms with Crippen LogP contribution in [0.1, 0.15) is 51.5 Å². The normalized spacial score (nSPS) is 16.6. The minimum Gasteiger partial charge on any atom is -0.388 e. The zero-order valence-corrected chi connectivity index (χ0v) is 20.0. The molecule has 1 aromatic carbocycles. The molecular formula is C25H37N5O3. The maximum atomic E-state index is 12.8. The Labute approximate surface area is 196 Å². The van der Waals surface area contributed by atoms with Crippen LogP contribution in [-0.4, -0.2) is 63.3 Å². The van der Waals surface area contributed by atoms with Crippen LogP contribution in [0.4, 0.5) is 5.82 Å². The quantitative estimate of drug-likeness (QED) is 0.475. The van der Waals surface area contributed by atoms with Gasteiger partial charge in [-0.15, -0.1) is 0 Å². The Hall–Kier alpha value is -2.71. The number of likely N-dealkylation sites (tertiary alicyclic amines) is 1. The molecule has 8 nitrogen and oxygen atoms in total. The highest BCUT2D eigenvalue weighted by molar-refractivity contribution is 5.77. The lowest BCUT2D eigenvalue weighted by molar-refractivity contribution is -0.136. The highest BCUT2D eigenvalue weighted by Gasteiger charge is 2.34. The van der Waals surface area contributed by atoms with E-state index in [1.54, 1.807) is 0 Å². The lowest BCUT2D eigenvalue weighted by Gasteiger charge is -2.38. The number of hydrogen-bond acceptors (Lipinski definition) is 6. The van der Waals surface area contributed by atoms with Crippen molar-refractivity contribution in [1.29, 1.82) is 0 Å². The first-order valence-corrected chi connectivity index (χ1v) is 11.8. The van der Waals surface area contributed by atoms with Crippen molar-refractivity contribution in [2.75, 3.05) is 31.5 Å². The molecule has 1 fully saturated rings. The largest absolute Gasteiger partial charge is 0.388 e. The SMILES string of the molecule is CC(C)NCCNc1cc(=O)n(CC2(O)CCN(C(=O)CC(C)c3ccccc3)CC2)cn1. The summed E-state index contributed by atoms with van der Waals surface area (Å²) >= 11 is 0. The Balaban J connectivity index is 1.49. The van der Waals surface area contributed by atoms with Crippen LogP contribution in [0.2, 0.25) is 0 Å². The monoisotopic (exact) mass is 455 g/mol. The fraction of sp³-hybridized carbons (Fsp3) is 0.560. The van der Waals surface area contributed by atoms with Crippen molar-refractivity contribution >= 4 is 11.7 Å². The molecule has 0 spiro atoms. The highest BCUT2D eigenvalue weighted by Crippen LogP contribution is 2.26. The fourth-order valence-corrected chi connectivity index (χ4v) is 4.13. The Morgan fingerprint density at radius 1 is 1.15 bits per heavy atom. The minimum atomic E-state index is -1.02. The summed E-state index contributed by atoms with van der Waals surface area (Å²) in [5, 5.41) is 17.5. The van der Waals surface area contributed by atoms with E-state index < -0.39 is 5.60 Å². The number of aliphatic hydroxyl groups is 1. The van der Waals surface area contributed by atoms with Crippen LogP contribution >= 0.6 is 0 Å². The molecule has 33 heavy (non-hydrogen) atoms. The lowest BCUT2D eigenvalue weighted by Crippen LogP contribution is -2.49. The smallest absolute Gasteiger partial charge is 0.255 e. The molecule has 0 saturated carbocycles. The molecule has 1 aliphatic rings. The van der Waals surface area contributed by atoms with E-state index in [-0.39, 0.29) is 23.9 Å². The molecule has 2 heterocycles. The van der Waals surface area contributed by atoms with Gasteiger partial charge in [-0.3, -0.25) is 14.2 Å². The second kappa shape index (κ2) is 11.4. The maximum absolute atomic E-state index is 12.8. The van der Waals surface area contributed by atoms with Gasteiger partial charge >= 0.3 is 0 Å². The number of benzene rings is 1. The molecule has 0 aliphatic carbocycles. The number of carbonyl (C=O) groups excluding carboxylic acids is 1. The van der Waals surface area contributed by atoms with Crippen LogP contribution in [0, 0.1) is 0 Å². The second-order valence-corrected chi connectivity index (χ2v) is 9.40. The number of rotatable bonds is 10. The lowest BCUT2D eigenvalue weighted by atomic mass is 9.90. The number of nitrogens with one attached hydrogen (secondary N) is 2. The Morgan fingerprint density at radius 2 is 1.85 bits per heavy atom. The molecule has 1 aromatic heterocycles. The predicted octanol–water partition coefficient (Wildman–Crippen LogP) is 2.20. The van der Waals surface area contributed by atoms with Gasteiger partial charge in [-0.1, -0.05) is 51.1 Å². The van der Waals surface area contributed by atoms with Gasteiger partial charge in [0.15, 0.2) is 0 Å². The summed E-state index contributed by atoms with van der Waals surface area (Å²) in [6, 6.07) is 11.9. The van der Waals surface area contributed by atoms with Crippen molar-refractivity contribution in [3.8, 4) is 0 Å². The van der Waals surface area contributed by atoms with Gasteiger partial charge in [0.1, 0.15) is 5.82 Å². The topological polar surface area (TPSA) is 99.5 Å². The van der Waals surface area contributed by atoms with Gasteiger partial charge in [0.25, 0.3) is 5.56 Å². The average Bonchev–Trinajstić information content (AvgIpc) is 2.79. The number of anilines is 1. The zero-order valence-electron chi connectivity index (χ0n) is 20.0. The highest BCUT2D eigenvalue weighted by atomic mass is 16.3. The van der Waals surface area contributed by atoms with Crippen LogP contribution in [0.15, 0.2) is 47.5 Å². The van der Waals surface area contributed by atoms with Gasteiger partial charge in [-0.25, -0.2) is 4.98 Å². The van der Waals surface area contributed by atoms with Crippen LogP contribution in [-0.2, 0) is 11.3 Å². The van der Waals surface area contributed by atoms with Crippen molar-refractivity contribution in [2.24, 2.45) is 0 Å². The van der Waals surface area contributed by atoms with Gasteiger partial charge in [-0.05, 0) is 24.3 Å². The van der Waals surface area contributed by atoms with Crippen molar-refractivity contribution in [3.63, 3.8) is 0 Å². The average molecular weight is 456 g/mol. The third-order valence-electron chi connectivity index (χ3n) is 6.22. The Kier molecular flexibility index (Phi) is 8.63. The standard InChI is InChI=1S/C25H37N5O3/c1-19(2)26-11-12-27-22-16-24(32)30(18-28-22)17-25(33)9-13-29(14-10-25)23(31)15-20(3)21-7-5-4-6-8-21/h4-8,16,18-20,26-27,33H,9-15,17H2,1-3H3. The first kappa shape index (κ1) is 24.9. The number of carbonyl (C=O) groups is 1. The maximum Gasteiger partial charge on any atom is 0.255 e. The second-order valence-electron chi connectivity index (χ2n) is 9.40. The number of nitrogens with zero attached hydrogens (tertiary/aromatic N) is 3. The van der Waals surface area contributed by atoms with E-state index in [1.807, 2.05) is 35.2 Å². The third-order valence-corrected chi connectivity index (χ3v) is 6.22. The molecule has 0 radical (unpaired) electrons. The fourth-order valence-electron chi connectivity index (χ4n) is 4.13. The summed E-state index contributed by atoms with van der Waals surface area (Å²) in [4.78, 5) is 31.4. The van der Waals surface area contributed by atoms with E-state index in [4.69, 9.17) is 0 Å². The third kappa shape index (κ3) is 7.40. The molecule has 1 amide bonds. The number of amides is 1. The summed E-state index contributed by atoms with van der Waals surface area (Å²) in [7, 11) is 0. The summed E-state index contributed by atoms with van der Waals surface area (Å²) in [6.45, 7) is 8.82. The van der Waals surface area contributed by atoms with E-state index in [1.165, 1.54) is 17.0 Å². The number of piperidine rings is 1. The summed E-state index contributed by atoms with van der Waals surface area (Å²) in [5.74, 6) is 0.786. The molecule has 8 heteroatoms.